The van der Waals surface area contributed by atoms with Gasteiger partial charge in [0.05, 0.1) is 24.5 Å². The van der Waals surface area contributed by atoms with Gasteiger partial charge in [0.15, 0.2) is 0 Å². The van der Waals surface area contributed by atoms with E-state index < -0.39 is 12.1 Å². The van der Waals surface area contributed by atoms with E-state index in [0.29, 0.717) is 5.56 Å². The summed E-state index contributed by atoms with van der Waals surface area (Å²) in [5.74, 6) is -1.99. The number of aliphatic carboxylic acids is 1. The maximum Gasteiger partial charge on any atom is 0.490 e. The standard InChI is InChI=1S/C25H25N7O.C2HF3O2/c26-17-19-6-7-21(29-18-19)4-2-8-28-25-30-23(16-24-27-9-10-32(24)25)20-3-1-5-22(15-20)31-11-13-33-14-12-31;3-2(4,5)1(6)7/h1,3,5-7,9-10,15-16,18H,2,4,8,11-14H2,(H,28,30);(H,6,7). The van der Waals surface area contributed by atoms with Crippen LogP contribution in [0.5, 0.6) is 0 Å². The summed E-state index contributed by atoms with van der Waals surface area (Å²) in [6.45, 7) is 4.07. The lowest BCUT2D eigenvalue weighted by Crippen LogP contribution is -2.36. The number of anilines is 2. The largest absolute Gasteiger partial charge is 0.490 e. The molecule has 0 aliphatic carbocycles. The normalized spacial score (nSPS) is 13.3. The molecule has 0 saturated carbocycles. The van der Waals surface area contributed by atoms with Gasteiger partial charge in [0, 0.05) is 61.2 Å². The first-order valence-corrected chi connectivity index (χ1v) is 12.4. The zero-order valence-corrected chi connectivity index (χ0v) is 21.3. The molecule has 4 aromatic rings. The van der Waals surface area contributed by atoms with Crippen molar-refractivity contribution >= 4 is 23.3 Å². The van der Waals surface area contributed by atoms with Crippen LogP contribution in [0.2, 0.25) is 0 Å². The van der Waals surface area contributed by atoms with E-state index in [4.69, 9.17) is 24.9 Å². The van der Waals surface area contributed by atoms with E-state index in [0.717, 1.165) is 74.2 Å². The molecule has 13 heteroatoms. The van der Waals surface area contributed by atoms with Crippen LogP contribution < -0.4 is 10.2 Å². The smallest absolute Gasteiger partial charge is 0.475 e. The number of halogens is 3. The Balaban J connectivity index is 0.000000470. The number of hydrogen-bond donors (Lipinski definition) is 2. The molecular weight excluding hydrogens is 527 g/mol. The number of carbonyl (C=O) groups is 1. The van der Waals surface area contributed by atoms with E-state index in [1.807, 2.05) is 22.7 Å². The van der Waals surface area contributed by atoms with Gasteiger partial charge < -0.3 is 20.1 Å². The van der Waals surface area contributed by atoms with E-state index >= 15 is 0 Å². The molecule has 40 heavy (non-hydrogen) atoms. The molecule has 5 rings (SSSR count). The highest BCUT2D eigenvalue weighted by atomic mass is 19.4. The Morgan fingerprint density at radius 3 is 2.60 bits per heavy atom. The van der Waals surface area contributed by atoms with E-state index in [2.05, 4.69) is 50.5 Å². The van der Waals surface area contributed by atoms with Crippen LogP contribution in [0.1, 0.15) is 17.7 Å². The second-order valence-corrected chi connectivity index (χ2v) is 8.75. The highest BCUT2D eigenvalue weighted by Gasteiger charge is 2.38. The van der Waals surface area contributed by atoms with Gasteiger partial charge in [-0.1, -0.05) is 12.1 Å². The van der Waals surface area contributed by atoms with Crippen molar-refractivity contribution in [3.8, 4) is 17.3 Å². The molecular formula is C27H26F3N7O3. The zero-order valence-electron chi connectivity index (χ0n) is 21.3. The molecule has 3 aromatic heterocycles. The Hall–Kier alpha value is -4.70. The Bertz CT molecular complexity index is 1480. The number of fused-ring (bicyclic) bond motifs is 1. The van der Waals surface area contributed by atoms with Gasteiger partial charge >= 0.3 is 12.1 Å². The van der Waals surface area contributed by atoms with Crippen LogP contribution in [0.4, 0.5) is 24.8 Å². The quantitative estimate of drug-likeness (QED) is 0.324. The van der Waals surface area contributed by atoms with Gasteiger partial charge in [-0.2, -0.15) is 18.4 Å². The van der Waals surface area contributed by atoms with Crippen molar-refractivity contribution < 1.29 is 27.8 Å². The van der Waals surface area contributed by atoms with E-state index in [9.17, 15) is 13.2 Å². The number of benzene rings is 1. The number of carboxylic acid groups (broad SMARTS) is 1. The maximum absolute atomic E-state index is 10.6. The van der Waals surface area contributed by atoms with Crippen molar-refractivity contribution in [1.82, 2.24) is 19.4 Å². The fraction of sp³-hybridized carbons (Fsp3) is 0.296. The Morgan fingerprint density at radius 1 is 1.15 bits per heavy atom. The first-order valence-electron chi connectivity index (χ1n) is 12.4. The number of aryl methyl sites for hydroxylation is 1. The minimum Gasteiger partial charge on any atom is -0.475 e. The SMILES string of the molecule is N#Cc1ccc(CCCNc2nc(-c3cccc(N4CCOCC4)c3)cc3nccn23)nc1.O=C(O)C(F)(F)F. The molecule has 2 N–H and O–H groups in total. The number of carboxylic acids is 1. The number of aromatic nitrogens is 4. The van der Waals surface area contributed by atoms with Crippen LogP contribution in [0.3, 0.4) is 0 Å². The molecule has 0 atom stereocenters. The molecule has 0 amide bonds. The van der Waals surface area contributed by atoms with Crippen molar-refractivity contribution in [1.29, 1.82) is 5.26 Å². The second-order valence-electron chi connectivity index (χ2n) is 8.75. The Labute approximate surface area is 227 Å². The number of nitrogens with zero attached hydrogens (tertiary/aromatic N) is 6. The van der Waals surface area contributed by atoms with Gasteiger partial charge in [-0.3, -0.25) is 9.38 Å². The van der Waals surface area contributed by atoms with Gasteiger partial charge in [-0.25, -0.2) is 14.8 Å². The number of nitriles is 1. The molecule has 0 radical (unpaired) electrons. The summed E-state index contributed by atoms with van der Waals surface area (Å²) in [7, 11) is 0. The lowest BCUT2D eigenvalue weighted by Gasteiger charge is -2.29. The van der Waals surface area contributed by atoms with Crippen LogP contribution in [0, 0.1) is 11.3 Å². The van der Waals surface area contributed by atoms with Crippen molar-refractivity contribution in [3.05, 3.63) is 72.3 Å². The third-order valence-electron chi connectivity index (χ3n) is 6.00. The molecule has 1 aliphatic heterocycles. The van der Waals surface area contributed by atoms with Gasteiger partial charge in [0.1, 0.15) is 11.7 Å². The van der Waals surface area contributed by atoms with Gasteiger partial charge in [-0.05, 0) is 37.1 Å². The van der Waals surface area contributed by atoms with Crippen LogP contribution in [-0.2, 0) is 16.0 Å². The van der Waals surface area contributed by atoms with Crippen LogP contribution in [0.25, 0.3) is 16.9 Å². The van der Waals surface area contributed by atoms with Crippen molar-refractivity contribution in [2.24, 2.45) is 0 Å². The van der Waals surface area contributed by atoms with Crippen LogP contribution >= 0.6 is 0 Å². The summed E-state index contributed by atoms with van der Waals surface area (Å²) >= 11 is 0. The lowest BCUT2D eigenvalue weighted by molar-refractivity contribution is -0.192. The summed E-state index contributed by atoms with van der Waals surface area (Å²) in [5, 5.41) is 19.5. The second kappa shape index (κ2) is 12.9. The molecule has 4 heterocycles. The predicted molar refractivity (Wildman–Crippen MR) is 141 cm³/mol. The number of imidazole rings is 1. The number of nitrogens with one attached hydrogen (secondary N) is 1. The van der Waals surface area contributed by atoms with Gasteiger partial charge in [0.25, 0.3) is 0 Å². The Kier molecular flexibility index (Phi) is 9.13. The average molecular weight is 554 g/mol. The summed E-state index contributed by atoms with van der Waals surface area (Å²) in [4.78, 5) is 25.0. The van der Waals surface area contributed by atoms with Crippen molar-refractivity contribution in [2.75, 3.05) is 43.1 Å². The van der Waals surface area contributed by atoms with Gasteiger partial charge in [-0.15, -0.1) is 0 Å². The van der Waals surface area contributed by atoms with Crippen LogP contribution in [-0.4, -0.2) is 69.5 Å². The molecule has 0 unspecified atom stereocenters. The number of hydrogen-bond acceptors (Lipinski definition) is 8. The van der Waals surface area contributed by atoms with Crippen molar-refractivity contribution in [2.45, 2.75) is 19.0 Å². The monoisotopic (exact) mass is 553 g/mol. The fourth-order valence-electron chi connectivity index (χ4n) is 3.99. The fourth-order valence-corrected chi connectivity index (χ4v) is 3.99. The highest BCUT2D eigenvalue weighted by Crippen LogP contribution is 2.26. The molecule has 0 bridgehead atoms. The third-order valence-corrected chi connectivity index (χ3v) is 6.00. The summed E-state index contributed by atoms with van der Waals surface area (Å²) < 4.78 is 39.2. The minimum atomic E-state index is -5.08. The molecule has 1 saturated heterocycles. The number of alkyl halides is 3. The molecule has 208 valence electrons. The zero-order chi connectivity index (χ0) is 28.5. The van der Waals surface area contributed by atoms with Crippen LogP contribution in [0.15, 0.2) is 61.1 Å². The third kappa shape index (κ3) is 7.45. The molecule has 1 fully saturated rings. The number of morpholine rings is 1. The number of rotatable bonds is 7. The van der Waals surface area contributed by atoms with E-state index in [1.54, 1.807) is 18.5 Å². The van der Waals surface area contributed by atoms with E-state index in [1.165, 1.54) is 5.69 Å². The first kappa shape index (κ1) is 28.3. The van der Waals surface area contributed by atoms with Gasteiger partial charge in [0.2, 0.25) is 5.95 Å². The van der Waals surface area contributed by atoms with E-state index in [-0.39, 0.29) is 0 Å². The molecule has 0 spiro atoms. The summed E-state index contributed by atoms with van der Waals surface area (Å²) in [6, 6.07) is 16.3. The molecule has 10 nitrogen and oxygen atoms in total. The lowest BCUT2D eigenvalue weighted by atomic mass is 10.1. The first-order chi connectivity index (χ1) is 19.2. The molecule has 1 aromatic carbocycles. The topological polar surface area (TPSA) is 129 Å². The summed E-state index contributed by atoms with van der Waals surface area (Å²) in [5.41, 5.74) is 5.55. The molecule has 1 aliphatic rings. The Morgan fingerprint density at radius 2 is 1.93 bits per heavy atom. The minimum absolute atomic E-state index is 0.582. The highest BCUT2D eigenvalue weighted by molar-refractivity contribution is 5.73. The summed E-state index contributed by atoms with van der Waals surface area (Å²) in [6.07, 6.45) is 1.96. The average Bonchev–Trinajstić information content (AvgIpc) is 3.45. The van der Waals surface area contributed by atoms with Crippen molar-refractivity contribution in [3.63, 3.8) is 0 Å². The number of ether oxygens (including phenoxy) is 1. The maximum atomic E-state index is 10.6. The number of pyridine rings is 1. The predicted octanol–water partition coefficient (Wildman–Crippen LogP) is 4.18.